The number of hydrogen-bond donors (Lipinski definition) is 3. The van der Waals surface area contributed by atoms with Gasteiger partial charge in [-0.25, -0.2) is 9.59 Å². The molecule has 0 aliphatic carbocycles. The quantitative estimate of drug-likeness (QED) is 0.674. The van der Waals surface area contributed by atoms with Gasteiger partial charge < -0.3 is 20.4 Å². The highest BCUT2D eigenvalue weighted by molar-refractivity contribution is 7.99. The van der Waals surface area contributed by atoms with Crippen molar-refractivity contribution in [1.82, 2.24) is 10.2 Å². The summed E-state index contributed by atoms with van der Waals surface area (Å²) in [6.45, 7) is 4.00. The van der Waals surface area contributed by atoms with Crippen LogP contribution in [0, 0.1) is 0 Å². The average Bonchev–Trinajstić information content (AvgIpc) is 2.69. The number of aliphatic hydroxyl groups excluding tert-OH is 1. The van der Waals surface area contributed by atoms with Crippen LogP contribution in [0.1, 0.15) is 20.3 Å². The molecule has 3 atom stereocenters. The van der Waals surface area contributed by atoms with E-state index >= 15 is 0 Å². The van der Waals surface area contributed by atoms with Gasteiger partial charge in [0.2, 0.25) is 0 Å². The van der Waals surface area contributed by atoms with E-state index in [0.717, 1.165) is 11.5 Å². The lowest BCUT2D eigenvalue weighted by atomic mass is 10.2. The first kappa shape index (κ1) is 15.1. The van der Waals surface area contributed by atoms with Crippen molar-refractivity contribution < 1.29 is 19.8 Å². The van der Waals surface area contributed by atoms with Crippen LogP contribution < -0.4 is 5.32 Å². The summed E-state index contributed by atoms with van der Waals surface area (Å²) in [4.78, 5) is 24.1. The van der Waals surface area contributed by atoms with E-state index < -0.39 is 24.1 Å². The second-order valence-corrected chi connectivity index (χ2v) is 5.72. The maximum absolute atomic E-state index is 11.9. The van der Waals surface area contributed by atoms with Gasteiger partial charge in [0.1, 0.15) is 6.04 Å². The molecule has 1 aliphatic heterocycles. The van der Waals surface area contributed by atoms with Gasteiger partial charge in [0.25, 0.3) is 0 Å². The SMILES string of the molecule is CCSCC(C)NC(=O)N1CC(O)C[C@H]1C(=O)O. The molecule has 2 unspecified atom stereocenters. The van der Waals surface area contributed by atoms with Crippen molar-refractivity contribution in [1.29, 1.82) is 0 Å². The summed E-state index contributed by atoms with van der Waals surface area (Å²) in [5.74, 6) is 0.689. The van der Waals surface area contributed by atoms with Crippen LogP contribution in [-0.2, 0) is 4.79 Å². The Labute approximate surface area is 111 Å². The van der Waals surface area contributed by atoms with Gasteiger partial charge in [0.15, 0.2) is 0 Å². The number of carboxylic acids is 1. The molecule has 3 N–H and O–H groups in total. The van der Waals surface area contributed by atoms with Crippen molar-refractivity contribution in [2.24, 2.45) is 0 Å². The molecule has 0 spiro atoms. The minimum absolute atomic E-state index is 0.0189. The molecular formula is C11H20N2O4S. The van der Waals surface area contributed by atoms with Gasteiger partial charge >= 0.3 is 12.0 Å². The zero-order chi connectivity index (χ0) is 13.7. The van der Waals surface area contributed by atoms with Crippen molar-refractivity contribution in [3.63, 3.8) is 0 Å². The van der Waals surface area contributed by atoms with Gasteiger partial charge in [-0.2, -0.15) is 11.8 Å². The highest BCUT2D eigenvalue weighted by Gasteiger charge is 2.39. The summed E-state index contributed by atoms with van der Waals surface area (Å²) < 4.78 is 0. The molecule has 6 nitrogen and oxygen atoms in total. The molecule has 1 fully saturated rings. The van der Waals surface area contributed by atoms with Crippen LogP contribution in [0.15, 0.2) is 0 Å². The minimum Gasteiger partial charge on any atom is -0.480 e. The Morgan fingerprint density at radius 1 is 1.56 bits per heavy atom. The maximum atomic E-state index is 11.9. The van der Waals surface area contributed by atoms with Gasteiger partial charge in [0, 0.05) is 24.8 Å². The van der Waals surface area contributed by atoms with E-state index in [9.17, 15) is 14.7 Å². The van der Waals surface area contributed by atoms with Crippen LogP contribution in [0.25, 0.3) is 0 Å². The summed E-state index contributed by atoms with van der Waals surface area (Å²) >= 11 is 1.71. The van der Waals surface area contributed by atoms with Crippen LogP contribution in [0.4, 0.5) is 4.79 Å². The fraction of sp³-hybridized carbons (Fsp3) is 0.818. The largest absolute Gasteiger partial charge is 0.480 e. The Kier molecular flexibility index (Phi) is 5.74. The first-order chi connectivity index (χ1) is 8.45. The molecule has 18 heavy (non-hydrogen) atoms. The summed E-state index contributed by atoms with van der Waals surface area (Å²) in [5.41, 5.74) is 0. The topological polar surface area (TPSA) is 89.9 Å². The van der Waals surface area contributed by atoms with Gasteiger partial charge in [-0.05, 0) is 12.7 Å². The molecule has 0 aromatic rings. The molecule has 1 saturated heterocycles. The number of carbonyl (C=O) groups is 2. The zero-order valence-corrected chi connectivity index (χ0v) is 11.4. The predicted octanol–water partition coefficient (Wildman–Crippen LogP) is 0.357. The molecule has 0 radical (unpaired) electrons. The predicted molar refractivity (Wildman–Crippen MR) is 69.7 cm³/mol. The van der Waals surface area contributed by atoms with E-state index in [1.807, 2.05) is 13.8 Å². The molecule has 104 valence electrons. The van der Waals surface area contributed by atoms with E-state index in [1.54, 1.807) is 11.8 Å². The summed E-state index contributed by atoms with van der Waals surface area (Å²) in [6.07, 6.45) is -0.655. The molecule has 1 aliphatic rings. The number of urea groups is 1. The monoisotopic (exact) mass is 276 g/mol. The number of likely N-dealkylation sites (tertiary alicyclic amines) is 1. The Morgan fingerprint density at radius 2 is 2.22 bits per heavy atom. The number of rotatable bonds is 5. The molecular weight excluding hydrogens is 256 g/mol. The number of carboxylic acid groups (broad SMARTS) is 1. The number of thioether (sulfide) groups is 1. The highest BCUT2D eigenvalue weighted by atomic mass is 32.2. The maximum Gasteiger partial charge on any atom is 0.326 e. The second-order valence-electron chi connectivity index (χ2n) is 4.41. The Hall–Kier alpha value is -0.950. The molecule has 1 heterocycles. The number of amides is 2. The minimum atomic E-state index is -1.07. The summed E-state index contributed by atoms with van der Waals surface area (Å²) in [6, 6.07) is -1.36. The third-order valence-electron chi connectivity index (χ3n) is 2.77. The molecule has 2 amide bonds. The molecule has 0 aromatic carbocycles. The summed E-state index contributed by atoms with van der Waals surface area (Å²) in [7, 11) is 0. The third kappa shape index (κ3) is 4.06. The third-order valence-corrected chi connectivity index (χ3v) is 3.91. The van der Waals surface area contributed by atoms with Crippen LogP contribution in [0.2, 0.25) is 0 Å². The van der Waals surface area contributed by atoms with Crippen molar-refractivity contribution in [2.75, 3.05) is 18.1 Å². The fourth-order valence-electron chi connectivity index (χ4n) is 1.90. The van der Waals surface area contributed by atoms with E-state index in [4.69, 9.17) is 5.11 Å². The van der Waals surface area contributed by atoms with Crippen LogP contribution >= 0.6 is 11.8 Å². The fourth-order valence-corrected chi connectivity index (χ4v) is 2.57. The number of carbonyl (C=O) groups excluding carboxylic acids is 1. The molecule has 1 rings (SSSR count). The van der Waals surface area contributed by atoms with Crippen molar-refractivity contribution in [3.05, 3.63) is 0 Å². The number of nitrogens with one attached hydrogen (secondary N) is 1. The van der Waals surface area contributed by atoms with E-state index in [0.29, 0.717) is 0 Å². The van der Waals surface area contributed by atoms with Crippen molar-refractivity contribution in [2.45, 2.75) is 38.5 Å². The molecule has 0 aromatic heterocycles. The van der Waals surface area contributed by atoms with E-state index in [-0.39, 0.29) is 19.0 Å². The highest BCUT2D eigenvalue weighted by Crippen LogP contribution is 2.18. The Morgan fingerprint density at radius 3 is 2.78 bits per heavy atom. The number of nitrogens with zero attached hydrogens (tertiary/aromatic N) is 1. The van der Waals surface area contributed by atoms with Gasteiger partial charge in [0.05, 0.1) is 6.10 Å². The Bertz CT molecular complexity index is 313. The van der Waals surface area contributed by atoms with Crippen LogP contribution in [-0.4, -0.2) is 63.4 Å². The smallest absolute Gasteiger partial charge is 0.326 e. The van der Waals surface area contributed by atoms with E-state index in [1.165, 1.54) is 4.90 Å². The number of aliphatic hydroxyl groups is 1. The Balaban J connectivity index is 2.52. The second kappa shape index (κ2) is 6.84. The van der Waals surface area contributed by atoms with Gasteiger partial charge in [-0.3, -0.25) is 0 Å². The first-order valence-corrected chi connectivity index (χ1v) is 7.16. The molecule has 7 heteroatoms. The summed E-state index contributed by atoms with van der Waals surface area (Å²) in [5, 5.41) is 21.2. The van der Waals surface area contributed by atoms with Gasteiger partial charge in [-0.1, -0.05) is 6.92 Å². The zero-order valence-electron chi connectivity index (χ0n) is 10.6. The number of aliphatic carboxylic acids is 1. The number of β-amino-alcohol motifs (C(OH)–C–C–N with tert-alkyl or cyclic N) is 1. The number of hydrogen-bond acceptors (Lipinski definition) is 4. The average molecular weight is 276 g/mol. The normalized spacial score (nSPS) is 24.9. The standard InChI is InChI=1S/C11H20N2O4S/c1-3-18-6-7(2)12-11(17)13-5-8(14)4-9(13)10(15)16/h7-9,14H,3-6H2,1-2H3,(H,12,17)(H,15,16)/t7?,8?,9-/m0/s1. The lowest BCUT2D eigenvalue weighted by Crippen LogP contribution is -2.49. The van der Waals surface area contributed by atoms with Crippen molar-refractivity contribution >= 4 is 23.8 Å². The lowest BCUT2D eigenvalue weighted by Gasteiger charge is -2.24. The van der Waals surface area contributed by atoms with Gasteiger partial charge in [-0.15, -0.1) is 0 Å². The van der Waals surface area contributed by atoms with Crippen LogP contribution in [0.3, 0.4) is 0 Å². The molecule has 0 bridgehead atoms. The van der Waals surface area contributed by atoms with Crippen molar-refractivity contribution in [3.8, 4) is 0 Å². The first-order valence-electron chi connectivity index (χ1n) is 6.01. The lowest BCUT2D eigenvalue weighted by molar-refractivity contribution is -0.141. The van der Waals surface area contributed by atoms with Crippen LogP contribution in [0.5, 0.6) is 0 Å². The molecule has 0 saturated carbocycles. The van der Waals surface area contributed by atoms with E-state index in [2.05, 4.69) is 5.32 Å².